The number of alkyl halides is 2. The molecule has 2 aromatic rings. The van der Waals surface area contributed by atoms with E-state index in [0.29, 0.717) is 5.75 Å². The summed E-state index contributed by atoms with van der Waals surface area (Å²) in [6.07, 6.45) is 1.97. The molecule has 0 saturated carbocycles. The number of aromatic nitrogens is 2. The first kappa shape index (κ1) is 14.5. The molecule has 0 saturated heterocycles. The second kappa shape index (κ2) is 6.00. The van der Waals surface area contributed by atoms with Gasteiger partial charge in [0.1, 0.15) is 12.4 Å². The van der Waals surface area contributed by atoms with Gasteiger partial charge in [-0.25, -0.2) is 4.98 Å². The summed E-state index contributed by atoms with van der Waals surface area (Å²) in [4.78, 5) is 3.85. The monoisotopic (exact) mass is 282 g/mol. The first-order chi connectivity index (χ1) is 9.49. The SMILES string of the molecule is Cc1cc(C(C)O)ccc1OCc1nccn1C(F)F. The summed E-state index contributed by atoms with van der Waals surface area (Å²) in [5, 5.41) is 9.48. The van der Waals surface area contributed by atoms with E-state index in [-0.39, 0.29) is 12.4 Å². The number of hydrogen-bond donors (Lipinski definition) is 1. The normalized spacial score (nSPS) is 12.7. The number of aryl methyl sites for hydroxylation is 1. The highest BCUT2D eigenvalue weighted by Crippen LogP contribution is 2.23. The molecular weight excluding hydrogens is 266 g/mol. The van der Waals surface area contributed by atoms with Gasteiger partial charge in [0.25, 0.3) is 0 Å². The maximum Gasteiger partial charge on any atom is 0.320 e. The third-order valence-electron chi connectivity index (χ3n) is 3.00. The van der Waals surface area contributed by atoms with E-state index in [4.69, 9.17) is 4.74 Å². The van der Waals surface area contributed by atoms with Gasteiger partial charge in [-0.2, -0.15) is 8.78 Å². The third-order valence-corrected chi connectivity index (χ3v) is 3.00. The second-order valence-electron chi connectivity index (χ2n) is 4.52. The highest BCUT2D eigenvalue weighted by atomic mass is 19.3. The summed E-state index contributed by atoms with van der Waals surface area (Å²) in [5.41, 5.74) is 1.61. The number of halogens is 2. The molecule has 0 radical (unpaired) electrons. The van der Waals surface area contributed by atoms with Crippen LogP contribution in [0.1, 0.15) is 36.5 Å². The minimum absolute atomic E-state index is 0.0355. The average molecular weight is 282 g/mol. The molecule has 2 rings (SSSR count). The summed E-state index contributed by atoms with van der Waals surface area (Å²) < 4.78 is 31.6. The van der Waals surface area contributed by atoms with Crippen molar-refractivity contribution in [2.45, 2.75) is 33.1 Å². The fraction of sp³-hybridized carbons (Fsp3) is 0.357. The van der Waals surface area contributed by atoms with E-state index in [1.165, 1.54) is 12.4 Å². The molecule has 1 aromatic heterocycles. The van der Waals surface area contributed by atoms with Crippen LogP contribution in [0.4, 0.5) is 8.78 Å². The van der Waals surface area contributed by atoms with Gasteiger partial charge in [-0.05, 0) is 37.1 Å². The topological polar surface area (TPSA) is 47.3 Å². The standard InChI is InChI=1S/C14H16F2N2O2/c1-9-7-11(10(2)19)3-4-12(9)20-8-13-17-5-6-18(13)14(15)16/h3-7,10,14,19H,8H2,1-2H3. The van der Waals surface area contributed by atoms with Crippen molar-refractivity contribution in [1.82, 2.24) is 9.55 Å². The van der Waals surface area contributed by atoms with Gasteiger partial charge in [-0.15, -0.1) is 0 Å². The number of nitrogens with zero attached hydrogens (tertiary/aromatic N) is 2. The van der Waals surface area contributed by atoms with Crippen LogP contribution in [0.25, 0.3) is 0 Å². The van der Waals surface area contributed by atoms with E-state index >= 15 is 0 Å². The summed E-state index contributed by atoms with van der Waals surface area (Å²) in [6.45, 7) is 0.844. The van der Waals surface area contributed by atoms with Crippen molar-refractivity contribution in [2.24, 2.45) is 0 Å². The van der Waals surface area contributed by atoms with Crippen LogP contribution >= 0.6 is 0 Å². The molecule has 0 spiro atoms. The van der Waals surface area contributed by atoms with Crippen molar-refractivity contribution in [2.75, 3.05) is 0 Å². The van der Waals surface area contributed by atoms with E-state index in [9.17, 15) is 13.9 Å². The van der Waals surface area contributed by atoms with Crippen LogP contribution in [0, 0.1) is 6.92 Å². The van der Waals surface area contributed by atoms with Crippen molar-refractivity contribution in [3.05, 3.63) is 47.5 Å². The predicted molar refractivity (Wildman–Crippen MR) is 69.6 cm³/mol. The van der Waals surface area contributed by atoms with Crippen molar-refractivity contribution < 1.29 is 18.6 Å². The predicted octanol–water partition coefficient (Wildman–Crippen LogP) is 3.22. The zero-order valence-electron chi connectivity index (χ0n) is 11.3. The van der Waals surface area contributed by atoms with Gasteiger partial charge in [0.15, 0.2) is 5.82 Å². The molecule has 6 heteroatoms. The molecule has 20 heavy (non-hydrogen) atoms. The molecular formula is C14H16F2N2O2. The number of hydrogen-bond acceptors (Lipinski definition) is 3. The van der Waals surface area contributed by atoms with E-state index in [0.717, 1.165) is 15.7 Å². The van der Waals surface area contributed by atoms with E-state index in [2.05, 4.69) is 4.98 Å². The Kier molecular flexibility index (Phi) is 4.34. The van der Waals surface area contributed by atoms with Gasteiger partial charge >= 0.3 is 6.55 Å². The van der Waals surface area contributed by atoms with Crippen LogP contribution in [-0.2, 0) is 6.61 Å². The van der Waals surface area contributed by atoms with Gasteiger partial charge < -0.3 is 9.84 Å². The molecule has 0 aliphatic rings. The molecule has 1 aromatic carbocycles. The Balaban J connectivity index is 2.09. The van der Waals surface area contributed by atoms with Gasteiger partial charge in [-0.3, -0.25) is 4.57 Å². The molecule has 1 N–H and O–H groups in total. The Morgan fingerprint density at radius 3 is 2.75 bits per heavy atom. The minimum atomic E-state index is -2.63. The number of aliphatic hydroxyl groups is 1. The zero-order chi connectivity index (χ0) is 14.7. The summed E-state index contributed by atoms with van der Waals surface area (Å²) in [6, 6.07) is 5.26. The van der Waals surface area contributed by atoms with Crippen LogP contribution in [0.15, 0.2) is 30.6 Å². The number of rotatable bonds is 5. The fourth-order valence-corrected chi connectivity index (χ4v) is 1.87. The molecule has 1 heterocycles. The molecule has 108 valence electrons. The van der Waals surface area contributed by atoms with Crippen LogP contribution in [0.2, 0.25) is 0 Å². The Bertz CT molecular complexity index is 582. The van der Waals surface area contributed by atoms with Crippen molar-refractivity contribution >= 4 is 0 Å². The van der Waals surface area contributed by atoms with Crippen LogP contribution in [0.3, 0.4) is 0 Å². The maximum absolute atomic E-state index is 12.6. The van der Waals surface area contributed by atoms with Gasteiger partial charge in [-0.1, -0.05) is 6.07 Å². The highest BCUT2D eigenvalue weighted by molar-refractivity contribution is 5.36. The molecule has 0 bridgehead atoms. The summed E-state index contributed by atoms with van der Waals surface area (Å²) in [7, 11) is 0. The smallest absolute Gasteiger partial charge is 0.320 e. The van der Waals surface area contributed by atoms with Crippen LogP contribution in [0.5, 0.6) is 5.75 Å². The lowest BCUT2D eigenvalue weighted by Crippen LogP contribution is -2.07. The molecule has 0 aliphatic carbocycles. The Morgan fingerprint density at radius 2 is 2.15 bits per heavy atom. The van der Waals surface area contributed by atoms with E-state index in [1.54, 1.807) is 25.1 Å². The molecule has 4 nitrogen and oxygen atoms in total. The second-order valence-corrected chi connectivity index (χ2v) is 4.52. The van der Waals surface area contributed by atoms with E-state index in [1.807, 2.05) is 6.92 Å². The van der Waals surface area contributed by atoms with Crippen molar-refractivity contribution in [3.8, 4) is 5.75 Å². The van der Waals surface area contributed by atoms with Crippen molar-refractivity contribution in [1.29, 1.82) is 0 Å². The number of benzene rings is 1. The van der Waals surface area contributed by atoms with Gasteiger partial charge in [0.2, 0.25) is 0 Å². The molecule has 1 atom stereocenters. The maximum atomic E-state index is 12.6. The zero-order valence-corrected chi connectivity index (χ0v) is 11.3. The summed E-state index contributed by atoms with van der Waals surface area (Å²) >= 11 is 0. The number of aliphatic hydroxyl groups excluding tert-OH is 1. The first-order valence-electron chi connectivity index (χ1n) is 6.20. The number of imidazole rings is 1. The van der Waals surface area contributed by atoms with E-state index < -0.39 is 12.7 Å². The number of ether oxygens (including phenoxy) is 1. The molecule has 0 fully saturated rings. The average Bonchev–Trinajstić information content (AvgIpc) is 2.85. The molecule has 0 amide bonds. The lowest BCUT2D eigenvalue weighted by atomic mass is 10.1. The Morgan fingerprint density at radius 1 is 1.40 bits per heavy atom. The van der Waals surface area contributed by atoms with Crippen molar-refractivity contribution in [3.63, 3.8) is 0 Å². The lowest BCUT2D eigenvalue weighted by Gasteiger charge is -2.12. The third kappa shape index (κ3) is 3.14. The van der Waals surface area contributed by atoms with Crippen LogP contribution < -0.4 is 4.74 Å². The lowest BCUT2D eigenvalue weighted by molar-refractivity contribution is 0.0632. The molecule has 1 unspecified atom stereocenters. The highest BCUT2D eigenvalue weighted by Gasteiger charge is 2.12. The van der Waals surface area contributed by atoms with Crippen LogP contribution in [-0.4, -0.2) is 14.7 Å². The molecule has 0 aliphatic heterocycles. The fourth-order valence-electron chi connectivity index (χ4n) is 1.87. The Labute approximate surface area is 115 Å². The van der Waals surface area contributed by atoms with Gasteiger partial charge in [0.05, 0.1) is 6.10 Å². The first-order valence-corrected chi connectivity index (χ1v) is 6.20. The van der Waals surface area contributed by atoms with Gasteiger partial charge in [0, 0.05) is 12.4 Å². The summed E-state index contributed by atoms with van der Waals surface area (Å²) in [5.74, 6) is 0.747. The Hall–Kier alpha value is -1.95. The largest absolute Gasteiger partial charge is 0.485 e. The minimum Gasteiger partial charge on any atom is -0.485 e. The quantitative estimate of drug-likeness (QED) is 0.916.